The highest BCUT2D eigenvalue weighted by atomic mass is 32.1. The molecule has 0 spiro atoms. The van der Waals surface area contributed by atoms with E-state index < -0.39 is 17.9 Å². The number of hydrogen-bond donors (Lipinski definition) is 3. The second kappa shape index (κ2) is 6.25. The number of nitrogens with zero attached hydrogens (tertiary/aromatic N) is 1. The molecule has 2 heterocycles. The van der Waals surface area contributed by atoms with Gasteiger partial charge in [-0.05, 0) is 18.1 Å². The fourth-order valence-corrected chi connectivity index (χ4v) is 3.48. The maximum absolute atomic E-state index is 12.5. The third-order valence-corrected chi connectivity index (χ3v) is 4.79. The van der Waals surface area contributed by atoms with Crippen LogP contribution in [-0.2, 0) is 4.79 Å². The number of aromatic amines is 1. The van der Waals surface area contributed by atoms with Gasteiger partial charge in [0.15, 0.2) is 6.04 Å². The summed E-state index contributed by atoms with van der Waals surface area (Å²) >= 11 is 1.06. The smallest absolute Gasteiger partial charge is 0.330 e. The molecular weight excluding hydrogens is 330 g/mol. The van der Waals surface area contributed by atoms with Crippen molar-refractivity contribution in [2.45, 2.75) is 13.0 Å². The molecule has 0 radical (unpaired) electrons. The normalized spacial score (nSPS) is 12.0. The summed E-state index contributed by atoms with van der Waals surface area (Å²) in [6.45, 7) is 1.64. The van der Waals surface area contributed by atoms with Gasteiger partial charge >= 0.3 is 5.97 Å². The van der Waals surface area contributed by atoms with Crippen LogP contribution in [0.25, 0.3) is 10.2 Å². The molecule has 24 heavy (non-hydrogen) atoms. The van der Waals surface area contributed by atoms with E-state index in [9.17, 15) is 19.5 Å². The number of carboxylic acid groups (broad SMARTS) is 1. The van der Waals surface area contributed by atoms with Crippen molar-refractivity contribution in [1.29, 1.82) is 0 Å². The minimum Gasteiger partial charge on any atom is -0.479 e. The molecule has 1 amide bonds. The monoisotopic (exact) mass is 343 g/mol. The van der Waals surface area contributed by atoms with Gasteiger partial charge in [-0.2, -0.15) is 0 Å². The molecule has 0 saturated carbocycles. The molecule has 0 aliphatic carbocycles. The Balaban J connectivity index is 1.97. The zero-order valence-corrected chi connectivity index (χ0v) is 13.4. The molecule has 122 valence electrons. The second-order valence-electron chi connectivity index (χ2n) is 5.12. The molecule has 2 aromatic heterocycles. The van der Waals surface area contributed by atoms with E-state index in [2.05, 4.69) is 15.3 Å². The number of thiophene rings is 1. The van der Waals surface area contributed by atoms with Crippen LogP contribution in [0.15, 0.2) is 41.5 Å². The van der Waals surface area contributed by atoms with Crippen LogP contribution in [0.2, 0.25) is 0 Å². The lowest BCUT2D eigenvalue weighted by Gasteiger charge is -2.14. The first-order valence-corrected chi connectivity index (χ1v) is 7.86. The van der Waals surface area contributed by atoms with Gasteiger partial charge in [-0.3, -0.25) is 9.59 Å². The van der Waals surface area contributed by atoms with E-state index in [1.807, 2.05) is 0 Å². The lowest BCUT2D eigenvalue weighted by Crippen LogP contribution is -2.33. The predicted molar refractivity (Wildman–Crippen MR) is 89.3 cm³/mol. The third-order valence-electron chi connectivity index (χ3n) is 3.59. The van der Waals surface area contributed by atoms with Gasteiger partial charge in [0.25, 0.3) is 11.5 Å². The molecule has 0 aliphatic rings. The highest BCUT2D eigenvalue weighted by molar-refractivity contribution is 7.20. The minimum absolute atomic E-state index is 0.274. The number of carbonyl (C=O) groups is 2. The number of aromatic nitrogens is 2. The van der Waals surface area contributed by atoms with Crippen LogP contribution in [0.5, 0.6) is 0 Å². The van der Waals surface area contributed by atoms with Gasteiger partial charge in [-0.25, -0.2) is 9.78 Å². The number of carboxylic acids is 1. The van der Waals surface area contributed by atoms with Crippen LogP contribution in [0, 0.1) is 6.92 Å². The first kappa shape index (κ1) is 15.9. The average molecular weight is 343 g/mol. The van der Waals surface area contributed by atoms with Gasteiger partial charge in [0.2, 0.25) is 0 Å². The Hall–Kier alpha value is -3.00. The fraction of sp³-hybridized carbons (Fsp3) is 0.125. The van der Waals surface area contributed by atoms with E-state index in [1.54, 1.807) is 37.3 Å². The highest BCUT2D eigenvalue weighted by Crippen LogP contribution is 2.27. The summed E-state index contributed by atoms with van der Waals surface area (Å²) < 4.78 is 0. The van der Waals surface area contributed by atoms with Crippen LogP contribution >= 0.6 is 11.3 Å². The number of aryl methyl sites for hydroxylation is 1. The maximum Gasteiger partial charge on any atom is 0.330 e. The summed E-state index contributed by atoms with van der Waals surface area (Å²) in [5, 5.41) is 12.2. The van der Waals surface area contributed by atoms with Crippen molar-refractivity contribution < 1.29 is 14.7 Å². The fourth-order valence-electron chi connectivity index (χ4n) is 2.42. The molecule has 7 nitrogen and oxygen atoms in total. The third kappa shape index (κ3) is 2.79. The van der Waals surface area contributed by atoms with Crippen molar-refractivity contribution in [2.24, 2.45) is 0 Å². The lowest BCUT2D eigenvalue weighted by molar-refractivity contribution is -0.139. The van der Waals surface area contributed by atoms with Crippen LogP contribution in [-0.4, -0.2) is 27.0 Å². The van der Waals surface area contributed by atoms with E-state index in [-0.39, 0.29) is 10.4 Å². The van der Waals surface area contributed by atoms with Gasteiger partial charge in [-0.15, -0.1) is 11.3 Å². The Morgan fingerprint density at radius 2 is 2.00 bits per heavy atom. The standard InChI is InChI=1S/C16H13N3O4S/c1-8-10-13(20)17-7-18-15(10)24-12(8)14(21)19-11(16(22)23)9-5-3-2-4-6-9/h2-7,11H,1H3,(H,19,21)(H,22,23)(H,17,18,20). The van der Waals surface area contributed by atoms with E-state index in [4.69, 9.17) is 0 Å². The topological polar surface area (TPSA) is 112 Å². The first-order valence-electron chi connectivity index (χ1n) is 7.04. The Bertz CT molecular complexity index is 978. The minimum atomic E-state index is -1.17. The number of H-pyrrole nitrogens is 1. The Labute approximate surface area is 140 Å². The largest absolute Gasteiger partial charge is 0.479 e. The van der Waals surface area contributed by atoms with E-state index in [0.717, 1.165) is 11.3 Å². The van der Waals surface area contributed by atoms with Gasteiger partial charge in [0.1, 0.15) is 4.83 Å². The van der Waals surface area contributed by atoms with E-state index in [1.165, 1.54) is 6.33 Å². The zero-order valence-electron chi connectivity index (χ0n) is 12.6. The van der Waals surface area contributed by atoms with Gasteiger partial charge in [0, 0.05) is 0 Å². The Morgan fingerprint density at radius 1 is 1.29 bits per heavy atom. The molecule has 1 aromatic carbocycles. The molecule has 1 unspecified atom stereocenters. The van der Waals surface area contributed by atoms with Crippen molar-refractivity contribution in [3.63, 3.8) is 0 Å². The van der Waals surface area contributed by atoms with Crippen molar-refractivity contribution in [2.75, 3.05) is 0 Å². The van der Waals surface area contributed by atoms with E-state index in [0.29, 0.717) is 21.3 Å². The second-order valence-corrected chi connectivity index (χ2v) is 6.12. The summed E-state index contributed by atoms with van der Waals surface area (Å²) in [4.78, 5) is 43.1. The van der Waals surface area contributed by atoms with Crippen LogP contribution in [0.3, 0.4) is 0 Å². The lowest BCUT2D eigenvalue weighted by atomic mass is 10.1. The molecule has 3 rings (SSSR count). The van der Waals surface area contributed by atoms with Crippen molar-refractivity contribution in [3.8, 4) is 0 Å². The summed E-state index contributed by atoms with van der Waals surface area (Å²) in [6, 6.07) is 7.25. The molecular formula is C16H13N3O4S. The first-order chi connectivity index (χ1) is 11.5. The average Bonchev–Trinajstić information content (AvgIpc) is 2.91. The van der Waals surface area contributed by atoms with Crippen molar-refractivity contribution in [3.05, 3.63) is 63.0 Å². The van der Waals surface area contributed by atoms with E-state index >= 15 is 0 Å². The molecule has 0 fully saturated rings. The highest BCUT2D eigenvalue weighted by Gasteiger charge is 2.25. The molecule has 0 saturated heterocycles. The molecule has 3 aromatic rings. The molecule has 1 atom stereocenters. The number of amides is 1. The quantitative estimate of drug-likeness (QED) is 0.669. The summed E-state index contributed by atoms with van der Waals surface area (Å²) in [6.07, 6.45) is 1.27. The molecule has 0 bridgehead atoms. The number of nitrogens with one attached hydrogen (secondary N) is 2. The predicted octanol–water partition coefficient (Wildman–Crippen LogP) is 1.85. The van der Waals surface area contributed by atoms with Crippen molar-refractivity contribution >= 4 is 33.4 Å². The summed E-state index contributed by atoms with van der Waals surface area (Å²) in [7, 11) is 0. The van der Waals surface area contributed by atoms with Gasteiger partial charge < -0.3 is 15.4 Å². The Kier molecular flexibility index (Phi) is 4.13. The number of benzene rings is 1. The molecule has 8 heteroatoms. The van der Waals surface area contributed by atoms with Gasteiger partial charge in [0.05, 0.1) is 16.6 Å². The molecule has 3 N–H and O–H groups in total. The van der Waals surface area contributed by atoms with Crippen LogP contribution in [0.4, 0.5) is 0 Å². The number of fused-ring (bicyclic) bond motifs is 1. The summed E-state index contributed by atoms with van der Waals surface area (Å²) in [5.74, 6) is -1.71. The number of rotatable bonds is 4. The van der Waals surface area contributed by atoms with Crippen molar-refractivity contribution in [1.82, 2.24) is 15.3 Å². The van der Waals surface area contributed by atoms with Crippen LogP contribution in [0.1, 0.15) is 26.8 Å². The molecule has 0 aliphatic heterocycles. The Morgan fingerprint density at radius 3 is 2.62 bits per heavy atom. The number of aliphatic carboxylic acids is 1. The van der Waals surface area contributed by atoms with Crippen LogP contribution < -0.4 is 10.9 Å². The zero-order chi connectivity index (χ0) is 17.3. The van der Waals surface area contributed by atoms with Gasteiger partial charge in [-0.1, -0.05) is 30.3 Å². The number of carbonyl (C=O) groups excluding carboxylic acids is 1. The SMILES string of the molecule is Cc1c(C(=O)NC(C(=O)O)c2ccccc2)sc2nc[nH]c(=O)c12. The maximum atomic E-state index is 12.5. The number of hydrogen-bond acceptors (Lipinski definition) is 5. The summed E-state index contributed by atoms with van der Waals surface area (Å²) in [5.41, 5.74) is 0.623.